The molecule has 0 radical (unpaired) electrons. The topological polar surface area (TPSA) is 75.1 Å². The van der Waals surface area contributed by atoms with Crippen LogP contribution in [-0.2, 0) is 11.3 Å². The molecular weight excluding hydrogens is 182 g/mol. The Morgan fingerprint density at radius 3 is 2.71 bits per heavy atom. The molecule has 0 aliphatic heterocycles. The summed E-state index contributed by atoms with van der Waals surface area (Å²) in [6.07, 6.45) is 3.81. The predicted molar refractivity (Wildman–Crippen MR) is 50.6 cm³/mol. The van der Waals surface area contributed by atoms with Crippen molar-refractivity contribution in [2.75, 3.05) is 0 Å². The first-order valence-corrected chi connectivity index (χ1v) is 4.46. The second-order valence-electron chi connectivity index (χ2n) is 2.84. The monoisotopic (exact) mass is 195 g/mol. The van der Waals surface area contributed by atoms with Crippen molar-refractivity contribution >= 4 is 5.97 Å². The van der Waals surface area contributed by atoms with Gasteiger partial charge in [0.25, 0.3) is 0 Å². The van der Waals surface area contributed by atoms with Crippen LogP contribution >= 0.6 is 0 Å². The second kappa shape index (κ2) is 5.29. The van der Waals surface area contributed by atoms with Crippen LogP contribution in [0, 0.1) is 0 Å². The molecular formula is C9H13N3O2. The number of carbonyl (C=O) groups is 1. The van der Waals surface area contributed by atoms with Crippen molar-refractivity contribution in [1.29, 1.82) is 0 Å². The van der Waals surface area contributed by atoms with Crippen LogP contribution in [0.5, 0.6) is 0 Å². The van der Waals surface area contributed by atoms with Crippen molar-refractivity contribution in [3.8, 4) is 0 Å². The first-order chi connectivity index (χ1) is 6.74. The van der Waals surface area contributed by atoms with Gasteiger partial charge in [-0.3, -0.25) is 10.1 Å². The van der Waals surface area contributed by atoms with Crippen LogP contribution in [-0.4, -0.2) is 27.1 Å². The Morgan fingerprint density at radius 2 is 2.21 bits per heavy atom. The maximum atomic E-state index is 10.6. The first-order valence-electron chi connectivity index (χ1n) is 4.46. The van der Waals surface area contributed by atoms with Crippen molar-refractivity contribution < 1.29 is 9.90 Å². The minimum Gasteiger partial charge on any atom is -0.480 e. The lowest BCUT2D eigenvalue weighted by molar-refractivity contribution is -0.139. The molecule has 1 rings (SSSR count). The van der Waals surface area contributed by atoms with Gasteiger partial charge in [0.05, 0.1) is 6.54 Å². The molecule has 0 bridgehead atoms. The predicted octanol–water partition coefficient (Wildman–Crippen LogP) is 0.429. The summed E-state index contributed by atoms with van der Waals surface area (Å²) in [7, 11) is 0. The first kappa shape index (κ1) is 10.6. The molecule has 1 unspecified atom stereocenters. The lowest BCUT2D eigenvalue weighted by Crippen LogP contribution is -2.35. The van der Waals surface area contributed by atoms with Crippen molar-refractivity contribution in [2.24, 2.45) is 0 Å². The zero-order valence-corrected chi connectivity index (χ0v) is 7.97. The van der Waals surface area contributed by atoms with Crippen molar-refractivity contribution in [2.45, 2.75) is 25.9 Å². The summed E-state index contributed by atoms with van der Waals surface area (Å²) in [6.45, 7) is 2.20. The number of carboxylic acid groups (broad SMARTS) is 1. The Kier molecular flexibility index (Phi) is 4.00. The summed E-state index contributed by atoms with van der Waals surface area (Å²) in [5.74, 6) is -0.240. The van der Waals surface area contributed by atoms with Gasteiger partial charge >= 0.3 is 5.97 Å². The normalized spacial score (nSPS) is 12.4. The highest BCUT2D eigenvalue weighted by molar-refractivity contribution is 5.73. The summed E-state index contributed by atoms with van der Waals surface area (Å²) in [5.41, 5.74) is 0. The van der Waals surface area contributed by atoms with Gasteiger partial charge in [0, 0.05) is 12.4 Å². The molecule has 0 saturated heterocycles. The Bertz CT molecular complexity index is 289. The SMILES string of the molecule is CCC(NCc1ncccn1)C(=O)O. The molecule has 0 aliphatic rings. The molecule has 0 aromatic carbocycles. The zero-order chi connectivity index (χ0) is 10.4. The van der Waals surface area contributed by atoms with Crippen LogP contribution in [0.4, 0.5) is 0 Å². The van der Waals surface area contributed by atoms with Gasteiger partial charge in [-0.25, -0.2) is 9.97 Å². The minimum atomic E-state index is -0.844. The van der Waals surface area contributed by atoms with Gasteiger partial charge in [-0.15, -0.1) is 0 Å². The third kappa shape index (κ3) is 3.10. The maximum absolute atomic E-state index is 10.6. The molecule has 0 amide bonds. The van der Waals surface area contributed by atoms with E-state index >= 15 is 0 Å². The third-order valence-electron chi connectivity index (χ3n) is 1.83. The largest absolute Gasteiger partial charge is 0.480 e. The lowest BCUT2D eigenvalue weighted by atomic mass is 10.2. The highest BCUT2D eigenvalue weighted by atomic mass is 16.4. The number of hydrogen-bond donors (Lipinski definition) is 2. The second-order valence-corrected chi connectivity index (χ2v) is 2.84. The van der Waals surface area contributed by atoms with Gasteiger partial charge < -0.3 is 5.11 Å². The van der Waals surface area contributed by atoms with E-state index < -0.39 is 12.0 Å². The standard InChI is InChI=1S/C9H13N3O2/c1-2-7(9(13)14)12-6-8-10-4-3-5-11-8/h3-5,7,12H,2,6H2,1H3,(H,13,14). The molecule has 1 aromatic rings. The highest BCUT2D eigenvalue weighted by Gasteiger charge is 2.13. The molecule has 2 N–H and O–H groups in total. The van der Waals surface area contributed by atoms with Gasteiger partial charge in [-0.05, 0) is 12.5 Å². The Balaban J connectivity index is 2.44. The molecule has 76 valence electrons. The van der Waals surface area contributed by atoms with Crippen LogP contribution in [0.25, 0.3) is 0 Å². The van der Waals surface area contributed by atoms with E-state index in [2.05, 4.69) is 15.3 Å². The number of rotatable bonds is 5. The lowest BCUT2D eigenvalue weighted by Gasteiger charge is -2.10. The van der Waals surface area contributed by atoms with Crippen LogP contribution < -0.4 is 5.32 Å². The van der Waals surface area contributed by atoms with Gasteiger partial charge in [0.2, 0.25) is 0 Å². The van der Waals surface area contributed by atoms with Gasteiger partial charge in [-0.1, -0.05) is 6.92 Å². The van der Waals surface area contributed by atoms with Gasteiger partial charge in [0.1, 0.15) is 11.9 Å². The van der Waals surface area contributed by atoms with E-state index in [0.29, 0.717) is 18.8 Å². The Morgan fingerprint density at radius 1 is 1.57 bits per heavy atom. The van der Waals surface area contributed by atoms with E-state index in [0.717, 1.165) is 0 Å². The fourth-order valence-corrected chi connectivity index (χ4v) is 1.04. The zero-order valence-electron chi connectivity index (χ0n) is 7.97. The van der Waals surface area contributed by atoms with Crippen molar-refractivity contribution in [3.63, 3.8) is 0 Å². The van der Waals surface area contributed by atoms with Crippen molar-refractivity contribution in [1.82, 2.24) is 15.3 Å². The molecule has 1 atom stereocenters. The summed E-state index contributed by atoms with van der Waals surface area (Å²) in [6, 6.07) is 1.19. The molecule has 1 heterocycles. The minimum absolute atomic E-state index is 0.381. The molecule has 0 spiro atoms. The quantitative estimate of drug-likeness (QED) is 0.712. The maximum Gasteiger partial charge on any atom is 0.320 e. The molecule has 14 heavy (non-hydrogen) atoms. The van der Waals surface area contributed by atoms with Gasteiger partial charge in [-0.2, -0.15) is 0 Å². The third-order valence-corrected chi connectivity index (χ3v) is 1.83. The number of nitrogens with zero attached hydrogens (tertiary/aromatic N) is 2. The average Bonchev–Trinajstić information content (AvgIpc) is 2.20. The van der Waals surface area contributed by atoms with Crippen LogP contribution in [0.15, 0.2) is 18.5 Å². The molecule has 5 nitrogen and oxygen atoms in total. The van der Waals surface area contributed by atoms with Gasteiger partial charge in [0.15, 0.2) is 0 Å². The van der Waals surface area contributed by atoms with E-state index in [1.807, 2.05) is 6.92 Å². The van der Waals surface area contributed by atoms with E-state index in [4.69, 9.17) is 5.11 Å². The number of carboxylic acids is 1. The number of aromatic nitrogens is 2. The molecule has 0 fully saturated rings. The average molecular weight is 195 g/mol. The van der Waals surface area contributed by atoms with Crippen molar-refractivity contribution in [3.05, 3.63) is 24.3 Å². The Hall–Kier alpha value is -1.49. The van der Waals surface area contributed by atoms with E-state index in [9.17, 15) is 4.79 Å². The van der Waals surface area contributed by atoms with E-state index in [-0.39, 0.29) is 0 Å². The number of nitrogens with one attached hydrogen (secondary N) is 1. The molecule has 0 saturated carbocycles. The fourth-order valence-electron chi connectivity index (χ4n) is 1.04. The highest BCUT2D eigenvalue weighted by Crippen LogP contribution is 1.93. The molecule has 5 heteroatoms. The smallest absolute Gasteiger partial charge is 0.320 e. The Labute approximate surface area is 82.2 Å². The van der Waals surface area contributed by atoms with E-state index in [1.165, 1.54) is 0 Å². The van der Waals surface area contributed by atoms with Crippen LogP contribution in [0.3, 0.4) is 0 Å². The number of aliphatic carboxylic acids is 1. The van der Waals surface area contributed by atoms with Crippen LogP contribution in [0.1, 0.15) is 19.2 Å². The summed E-state index contributed by atoms with van der Waals surface area (Å²) in [4.78, 5) is 18.6. The fraction of sp³-hybridized carbons (Fsp3) is 0.444. The summed E-state index contributed by atoms with van der Waals surface area (Å²) >= 11 is 0. The summed E-state index contributed by atoms with van der Waals surface area (Å²) < 4.78 is 0. The molecule has 0 aliphatic carbocycles. The van der Waals surface area contributed by atoms with Crippen LogP contribution in [0.2, 0.25) is 0 Å². The molecule has 1 aromatic heterocycles. The van der Waals surface area contributed by atoms with E-state index in [1.54, 1.807) is 18.5 Å². The number of hydrogen-bond acceptors (Lipinski definition) is 4. The summed E-state index contributed by atoms with van der Waals surface area (Å²) in [5, 5.41) is 11.6.